The molecule has 3 unspecified atom stereocenters. The summed E-state index contributed by atoms with van der Waals surface area (Å²) in [5, 5.41) is 0.965. The molecule has 0 aromatic carbocycles. The van der Waals surface area contributed by atoms with E-state index in [2.05, 4.69) is 15.9 Å². The van der Waals surface area contributed by atoms with Gasteiger partial charge in [0.2, 0.25) is 0 Å². The van der Waals surface area contributed by atoms with Crippen molar-refractivity contribution in [1.82, 2.24) is 0 Å². The highest BCUT2D eigenvalue weighted by molar-refractivity contribution is 9.09. The summed E-state index contributed by atoms with van der Waals surface area (Å²) in [4.78, 5) is 11.5. The van der Waals surface area contributed by atoms with E-state index >= 15 is 0 Å². The third-order valence-corrected chi connectivity index (χ3v) is 4.83. The highest BCUT2D eigenvalue weighted by atomic mass is 79.9. The van der Waals surface area contributed by atoms with E-state index in [-0.39, 0.29) is 0 Å². The largest absolute Gasteiger partial charge is 0.300 e. The smallest absolute Gasteiger partial charge is 0.132 e. The molecule has 0 spiro atoms. The second-order valence-electron chi connectivity index (χ2n) is 5.30. The molecule has 0 N–H and O–H groups in total. The summed E-state index contributed by atoms with van der Waals surface area (Å²) in [7, 11) is 0. The van der Waals surface area contributed by atoms with Gasteiger partial charge in [-0.1, -0.05) is 22.4 Å². The van der Waals surface area contributed by atoms with Crippen LogP contribution in [-0.2, 0) is 4.79 Å². The first kappa shape index (κ1) is 11.6. The van der Waals surface area contributed by atoms with E-state index in [0.29, 0.717) is 5.78 Å². The van der Waals surface area contributed by atoms with Crippen LogP contribution in [0.25, 0.3) is 0 Å². The van der Waals surface area contributed by atoms with Crippen molar-refractivity contribution < 1.29 is 4.79 Å². The highest BCUT2D eigenvalue weighted by Crippen LogP contribution is 2.49. The molecule has 2 heteroatoms. The second kappa shape index (κ2) is 5.47. The number of rotatable bonds is 6. The van der Waals surface area contributed by atoms with Gasteiger partial charge in [-0.25, -0.2) is 0 Å². The number of ketones is 1. The molecule has 0 radical (unpaired) electrons. The predicted octanol–water partition coefficient (Wildman–Crippen LogP) is 3.95. The van der Waals surface area contributed by atoms with E-state index in [4.69, 9.17) is 0 Å². The minimum atomic E-state index is 0.484. The molecule has 2 rings (SSSR count). The van der Waals surface area contributed by atoms with E-state index in [0.717, 1.165) is 42.3 Å². The summed E-state index contributed by atoms with van der Waals surface area (Å²) >= 11 is 3.37. The van der Waals surface area contributed by atoms with Crippen molar-refractivity contribution >= 4 is 21.7 Å². The van der Waals surface area contributed by atoms with Crippen LogP contribution in [0.2, 0.25) is 0 Å². The predicted molar refractivity (Wildman–Crippen MR) is 66.2 cm³/mol. The van der Waals surface area contributed by atoms with Crippen LogP contribution in [0.1, 0.15) is 51.4 Å². The van der Waals surface area contributed by atoms with Gasteiger partial charge in [0.1, 0.15) is 5.78 Å². The van der Waals surface area contributed by atoms with Gasteiger partial charge in [-0.05, 0) is 49.9 Å². The third kappa shape index (κ3) is 3.05. The first-order valence-electron chi connectivity index (χ1n) is 6.37. The number of fused-ring (bicyclic) bond motifs is 2. The number of carbonyl (C=O) groups is 1. The molecule has 0 aliphatic heterocycles. The van der Waals surface area contributed by atoms with Gasteiger partial charge in [0, 0.05) is 18.2 Å². The average Bonchev–Trinajstić information content (AvgIpc) is 2.84. The lowest BCUT2D eigenvalue weighted by Gasteiger charge is -2.20. The molecule has 0 aromatic heterocycles. The fourth-order valence-electron chi connectivity index (χ4n) is 3.47. The van der Waals surface area contributed by atoms with Crippen LogP contribution < -0.4 is 0 Å². The Kier molecular flexibility index (Phi) is 4.24. The van der Waals surface area contributed by atoms with Crippen LogP contribution in [0.4, 0.5) is 0 Å². The Hall–Kier alpha value is 0.150. The van der Waals surface area contributed by atoms with E-state index in [1.54, 1.807) is 0 Å². The summed E-state index contributed by atoms with van der Waals surface area (Å²) in [5.74, 6) is 3.39. The summed E-state index contributed by atoms with van der Waals surface area (Å²) in [6.45, 7) is 0. The fourth-order valence-corrected chi connectivity index (χ4v) is 3.75. The molecule has 2 aliphatic rings. The van der Waals surface area contributed by atoms with Crippen molar-refractivity contribution in [2.24, 2.45) is 17.8 Å². The number of carbonyl (C=O) groups excluding carboxylic acids is 1. The molecule has 0 aromatic rings. The molecule has 0 saturated heterocycles. The lowest BCUT2D eigenvalue weighted by Crippen LogP contribution is -2.12. The zero-order valence-electron chi connectivity index (χ0n) is 9.38. The first-order chi connectivity index (χ1) is 7.29. The fraction of sp³-hybridized carbons (Fsp3) is 0.923. The monoisotopic (exact) mass is 272 g/mol. The lowest BCUT2D eigenvalue weighted by molar-refractivity contribution is -0.119. The van der Waals surface area contributed by atoms with Gasteiger partial charge < -0.3 is 0 Å². The van der Waals surface area contributed by atoms with Crippen LogP contribution in [0, 0.1) is 17.8 Å². The van der Waals surface area contributed by atoms with E-state index < -0.39 is 0 Å². The lowest BCUT2D eigenvalue weighted by atomic mass is 9.85. The van der Waals surface area contributed by atoms with Crippen LogP contribution >= 0.6 is 15.9 Å². The molecule has 3 atom stereocenters. The van der Waals surface area contributed by atoms with Gasteiger partial charge in [-0.3, -0.25) is 4.79 Å². The maximum absolute atomic E-state index is 11.5. The summed E-state index contributed by atoms with van der Waals surface area (Å²) in [6.07, 6.45) is 9.64. The molecule has 15 heavy (non-hydrogen) atoms. The van der Waals surface area contributed by atoms with Crippen molar-refractivity contribution in [2.45, 2.75) is 51.4 Å². The van der Waals surface area contributed by atoms with Gasteiger partial charge in [-0.15, -0.1) is 0 Å². The Labute approximate surface area is 101 Å². The van der Waals surface area contributed by atoms with E-state index in [9.17, 15) is 4.79 Å². The molecule has 2 bridgehead atoms. The van der Waals surface area contributed by atoms with Crippen LogP contribution in [0.15, 0.2) is 0 Å². The van der Waals surface area contributed by atoms with E-state index in [1.165, 1.54) is 32.1 Å². The van der Waals surface area contributed by atoms with Crippen molar-refractivity contribution in [1.29, 1.82) is 0 Å². The Morgan fingerprint density at radius 3 is 2.67 bits per heavy atom. The van der Waals surface area contributed by atoms with Crippen molar-refractivity contribution in [3.05, 3.63) is 0 Å². The molecular formula is C13H21BrO. The number of Topliss-reactive ketones (excluding diaryl/α,β-unsaturated/α-hetero) is 1. The molecule has 2 fully saturated rings. The Balaban J connectivity index is 1.64. The summed E-state index contributed by atoms with van der Waals surface area (Å²) < 4.78 is 0. The number of hydrogen-bond donors (Lipinski definition) is 0. The Morgan fingerprint density at radius 2 is 2.07 bits per heavy atom. The van der Waals surface area contributed by atoms with Crippen LogP contribution in [0.3, 0.4) is 0 Å². The van der Waals surface area contributed by atoms with Crippen LogP contribution in [-0.4, -0.2) is 11.1 Å². The van der Waals surface area contributed by atoms with Gasteiger partial charge in [0.25, 0.3) is 0 Å². The topological polar surface area (TPSA) is 17.1 Å². The zero-order valence-corrected chi connectivity index (χ0v) is 11.0. The van der Waals surface area contributed by atoms with Gasteiger partial charge in [0.15, 0.2) is 0 Å². The molecule has 1 nitrogen and oxygen atoms in total. The van der Waals surface area contributed by atoms with Crippen molar-refractivity contribution in [3.63, 3.8) is 0 Å². The highest BCUT2D eigenvalue weighted by Gasteiger charge is 2.38. The third-order valence-electron chi connectivity index (χ3n) is 4.27. The van der Waals surface area contributed by atoms with Crippen LogP contribution in [0.5, 0.6) is 0 Å². The number of halogens is 1. The molecule has 86 valence electrons. The second-order valence-corrected chi connectivity index (χ2v) is 6.10. The van der Waals surface area contributed by atoms with Crippen molar-refractivity contribution in [3.8, 4) is 0 Å². The maximum atomic E-state index is 11.5. The first-order valence-corrected chi connectivity index (χ1v) is 7.49. The summed E-state index contributed by atoms with van der Waals surface area (Å²) in [6, 6.07) is 0. The quantitative estimate of drug-likeness (QED) is 0.670. The molecular weight excluding hydrogens is 252 g/mol. The average molecular weight is 273 g/mol. The molecule has 2 saturated carbocycles. The zero-order chi connectivity index (χ0) is 10.7. The normalized spacial score (nSPS) is 33.5. The maximum Gasteiger partial charge on any atom is 0.132 e. The number of alkyl halides is 1. The summed E-state index contributed by atoms with van der Waals surface area (Å²) in [5.41, 5.74) is 0. The minimum absolute atomic E-state index is 0.484. The number of hydrogen-bond acceptors (Lipinski definition) is 1. The standard InChI is InChI=1S/C13H21BrO/c14-7-1-2-13(15)6-5-12-9-10-3-4-11(12)8-10/h10-12H,1-9H2. The minimum Gasteiger partial charge on any atom is -0.300 e. The Morgan fingerprint density at radius 1 is 1.20 bits per heavy atom. The molecule has 0 amide bonds. The van der Waals surface area contributed by atoms with E-state index in [1.807, 2.05) is 0 Å². The molecule has 0 heterocycles. The van der Waals surface area contributed by atoms with Gasteiger partial charge in [0.05, 0.1) is 0 Å². The van der Waals surface area contributed by atoms with Crippen molar-refractivity contribution in [2.75, 3.05) is 5.33 Å². The van der Waals surface area contributed by atoms with Gasteiger partial charge >= 0.3 is 0 Å². The SMILES string of the molecule is O=C(CCCBr)CCC1CC2CCC1C2. The van der Waals surface area contributed by atoms with Gasteiger partial charge in [-0.2, -0.15) is 0 Å². The Bertz CT molecular complexity index is 227. The molecule has 2 aliphatic carbocycles.